The van der Waals surface area contributed by atoms with Gasteiger partial charge >= 0.3 is 0 Å². The Kier molecular flexibility index (Phi) is 6.82. The van der Waals surface area contributed by atoms with E-state index in [4.69, 9.17) is 4.74 Å². The number of nitrogens with one attached hydrogen (secondary N) is 1. The molecule has 8 nitrogen and oxygen atoms in total. The molecule has 1 N–H and O–H groups in total. The van der Waals surface area contributed by atoms with Gasteiger partial charge in [0.05, 0.1) is 6.10 Å². The van der Waals surface area contributed by atoms with Gasteiger partial charge in [-0.15, -0.1) is 15.3 Å². The van der Waals surface area contributed by atoms with Crippen molar-refractivity contribution in [3.8, 4) is 5.88 Å². The Morgan fingerprint density at radius 2 is 2.07 bits per heavy atom. The molecule has 2 aromatic rings. The van der Waals surface area contributed by atoms with Gasteiger partial charge in [0.15, 0.2) is 11.5 Å². The topological polar surface area (TPSA) is 84.6 Å². The molecule has 4 rings (SSSR count). The van der Waals surface area contributed by atoms with Gasteiger partial charge in [0.2, 0.25) is 11.8 Å². The third kappa shape index (κ3) is 5.09. The maximum absolute atomic E-state index is 12.4. The monoisotopic (exact) mass is 414 g/mol. The number of aromatic nitrogens is 4. The van der Waals surface area contributed by atoms with Crippen molar-refractivity contribution in [1.82, 2.24) is 30.0 Å². The molecule has 0 bridgehead atoms. The van der Waals surface area contributed by atoms with Gasteiger partial charge < -0.3 is 15.0 Å². The number of amides is 1. The smallest absolute Gasteiger partial charge is 0.232 e. The van der Waals surface area contributed by atoms with Crippen LogP contribution in [0.1, 0.15) is 64.6 Å². The molecule has 0 spiro atoms. The number of carbonyl (C=O) groups excluding carboxylic acids is 1. The van der Waals surface area contributed by atoms with E-state index in [1.165, 1.54) is 45.2 Å². The van der Waals surface area contributed by atoms with Crippen molar-refractivity contribution in [2.75, 3.05) is 19.6 Å². The van der Waals surface area contributed by atoms with Crippen molar-refractivity contribution in [3.05, 3.63) is 18.0 Å². The van der Waals surface area contributed by atoms with Gasteiger partial charge in [-0.3, -0.25) is 4.79 Å². The molecule has 2 aliphatic rings. The van der Waals surface area contributed by atoms with Gasteiger partial charge in [0, 0.05) is 31.5 Å². The average Bonchev–Trinajstić information content (AvgIpc) is 3.14. The van der Waals surface area contributed by atoms with Crippen LogP contribution in [0.5, 0.6) is 5.88 Å². The number of aryl methyl sites for hydroxylation is 1. The normalized spacial score (nSPS) is 22.2. The van der Waals surface area contributed by atoms with Crippen LogP contribution < -0.4 is 10.1 Å². The summed E-state index contributed by atoms with van der Waals surface area (Å²) in [4.78, 5) is 15.1. The van der Waals surface area contributed by atoms with Crippen LogP contribution in [0, 0.1) is 5.92 Å². The van der Waals surface area contributed by atoms with Crippen LogP contribution in [-0.4, -0.2) is 62.4 Å². The number of hydrogen-bond donors (Lipinski definition) is 1. The number of fused-ring (bicyclic) bond motifs is 2. The summed E-state index contributed by atoms with van der Waals surface area (Å²) in [5.74, 6) is 2.05. The molecule has 30 heavy (non-hydrogen) atoms. The number of nitrogens with zero attached hydrogens (tertiary/aromatic N) is 5. The fourth-order valence-electron chi connectivity index (χ4n) is 4.83. The van der Waals surface area contributed by atoms with Gasteiger partial charge in [0.25, 0.3) is 0 Å². The average molecular weight is 415 g/mol. The maximum Gasteiger partial charge on any atom is 0.232 e. The van der Waals surface area contributed by atoms with Crippen molar-refractivity contribution in [1.29, 1.82) is 0 Å². The molecule has 2 atom stereocenters. The van der Waals surface area contributed by atoms with Gasteiger partial charge in [-0.2, -0.15) is 4.52 Å². The molecular formula is C22H34N6O2. The Bertz CT molecular complexity index is 849. The van der Waals surface area contributed by atoms with Crippen molar-refractivity contribution < 1.29 is 9.53 Å². The Morgan fingerprint density at radius 1 is 1.20 bits per heavy atom. The second-order valence-electron chi connectivity index (χ2n) is 8.88. The standard InChI is InChI=1S/C22H34N6O2/c1-16(2)30-22-12-11-20-25-24-19(28(20)26-22)9-5-10-21(29)23-15-17-7-6-14-27-13-4-3-8-18(17)27/h11-12,16-18H,3-10,13-15H2,1-2H3,(H,23,29). The zero-order chi connectivity index (χ0) is 20.9. The summed E-state index contributed by atoms with van der Waals surface area (Å²) >= 11 is 0. The van der Waals surface area contributed by atoms with E-state index >= 15 is 0 Å². The molecule has 8 heteroatoms. The summed E-state index contributed by atoms with van der Waals surface area (Å²) in [6, 6.07) is 4.33. The lowest BCUT2D eigenvalue weighted by Crippen LogP contribution is -2.50. The lowest BCUT2D eigenvalue weighted by Gasteiger charge is -2.44. The first-order valence-corrected chi connectivity index (χ1v) is 11.5. The van der Waals surface area contributed by atoms with E-state index in [0.29, 0.717) is 36.3 Å². The van der Waals surface area contributed by atoms with Gasteiger partial charge in [-0.1, -0.05) is 6.42 Å². The van der Waals surface area contributed by atoms with E-state index in [1.807, 2.05) is 19.9 Å². The second-order valence-corrected chi connectivity index (χ2v) is 8.88. The van der Waals surface area contributed by atoms with Crippen LogP contribution in [0.2, 0.25) is 0 Å². The number of rotatable bonds is 8. The summed E-state index contributed by atoms with van der Waals surface area (Å²) < 4.78 is 7.38. The third-order valence-electron chi connectivity index (χ3n) is 6.25. The van der Waals surface area contributed by atoms with Gasteiger partial charge in [-0.05, 0) is 71.0 Å². The summed E-state index contributed by atoms with van der Waals surface area (Å²) in [5.41, 5.74) is 0.694. The Morgan fingerprint density at radius 3 is 2.93 bits per heavy atom. The molecule has 2 aliphatic heterocycles. The highest BCUT2D eigenvalue weighted by molar-refractivity contribution is 5.75. The minimum absolute atomic E-state index is 0.0587. The molecule has 1 amide bonds. The Balaban J connectivity index is 1.24. The van der Waals surface area contributed by atoms with Crippen LogP contribution in [0.3, 0.4) is 0 Å². The van der Waals surface area contributed by atoms with Crippen LogP contribution in [0.4, 0.5) is 0 Å². The number of hydrogen-bond acceptors (Lipinski definition) is 6. The maximum atomic E-state index is 12.4. The molecule has 2 saturated heterocycles. The fourth-order valence-corrected chi connectivity index (χ4v) is 4.83. The molecule has 4 heterocycles. The first-order valence-electron chi connectivity index (χ1n) is 11.5. The molecule has 0 saturated carbocycles. The summed E-state index contributed by atoms with van der Waals surface area (Å²) in [6.07, 6.45) is 8.38. The van der Waals surface area contributed by atoms with Crippen LogP contribution in [-0.2, 0) is 11.2 Å². The van der Waals surface area contributed by atoms with Crippen LogP contribution in [0.15, 0.2) is 12.1 Å². The van der Waals surface area contributed by atoms with E-state index in [0.717, 1.165) is 18.8 Å². The van der Waals surface area contributed by atoms with E-state index in [-0.39, 0.29) is 12.0 Å². The van der Waals surface area contributed by atoms with Crippen LogP contribution in [0.25, 0.3) is 5.65 Å². The highest BCUT2D eigenvalue weighted by Crippen LogP contribution is 2.30. The fraction of sp³-hybridized carbons (Fsp3) is 0.727. The summed E-state index contributed by atoms with van der Waals surface area (Å²) in [7, 11) is 0. The Labute approximate surface area is 178 Å². The highest BCUT2D eigenvalue weighted by atomic mass is 16.5. The zero-order valence-electron chi connectivity index (χ0n) is 18.2. The number of carbonyl (C=O) groups is 1. The van der Waals surface area contributed by atoms with E-state index < -0.39 is 0 Å². The lowest BCUT2D eigenvalue weighted by atomic mass is 9.83. The number of piperidine rings is 2. The predicted molar refractivity (Wildman–Crippen MR) is 114 cm³/mol. The third-order valence-corrected chi connectivity index (χ3v) is 6.25. The van der Waals surface area contributed by atoms with Crippen LogP contribution >= 0.6 is 0 Å². The molecule has 2 unspecified atom stereocenters. The van der Waals surface area contributed by atoms with E-state index in [1.54, 1.807) is 10.6 Å². The first-order chi connectivity index (χ1) is 14.6. The quantitative estimate of drug-likeness (QED) is 0.715. The summed E-state index contributed by atoms with van der Waals surface area (Å²) in [5, 5.41) is 16.1. The zero-order valence-corrected chi connectivity index (χ0v) is 18.2. The molecule has 0 aliphatic carbocycles. The van der Waals surface area contributed by atoms with Crippen molar-refractivity contribution in [2.45, 2.75) is 77.4 Å². The largest absolute Gasteiger partial charge is 0.474 e. The van der Waals surface area contributed by atoms with Crippen molar-refractivity contribution in [3.63, 3.8) is 0 Å². The number of ether oxygens (including phenoxy) is 1. The first kappa shape index (κ1) is 21.0. The lowest BCUT2D eigenvalue weighted by molar-refractivity contribution is -0.121. The van der Waals surface area contributed by atoms with Crippen molar-refractivity contribution >= 4 is 11.6 Å². The Hall–Kier alpha value is -2.22. The molecule has 164 valence electrons. The molecule has 0 radical (unpaired) electrons. The highest BCUT2D eigenvalue weighted by Gasteiger charge is 2.32. The van der Waals surface area contributed by atoms with Gasteiger partial charge in [0.1, 0.15) is 0 Å². The minimum Gasteiger partial charge on any atom is -0.474 e. The molecule has 2 fully saturated rings. The SMILES string of the molecule is CC(C)Oc1ccc2nnc(CCCC(=O)NCC3CCCN4CCCCC34)n2n1. The molecular weight excluding hydrogens is 380 g/mol. The predicted octanol–water partition coefficient (Wildman–Crippen LogP) is 2.61. The molecule has 0 aromatic carbocycles. The van der Waals surface area contributed by atoms with Crippen molar-refractivity contribution in [2.24, 2.45) is 5.92 Å². The second kappa shape index (κ2) is 9.73. The minimum atomic E-state index is 0.0587. The molecule has 2 aromatic heterocycles. The van der Waals surface area contributed by atoms with E-state index in [2.05, 4.69) is 25.5 Å². The van der Waals surface area contributed by atoms with Gasteiger partial charge in [-0.25, -0.2) is 0 Å². The summed E-state index contributed by atoms with van der Waals surface area (Å²) in [6.45, 7) is 7.22. The van der Waals surface area contributed by atoms with E-state index in [9.17, 15) is 4.79 Å².